The second kappa shape index (κ2) is 5.67. The van der Waals surface area contributed by atoms with Gasteiger partial charge in [-0.1, -0.05) is 0 Å². The number of hydrogen-bond acceptors (Lipinski definition) is 6. The Kier molecular flexibility index (Phi) is 3.56. The Hall–Kier alpha value is -2.46. The lowest BCUT2D eigenvalue weighted by molar-refractivity contribution is 0.0472. The van der Waals surface area contributed by atoms with Crippen LogP contribution in [0.15, 0.2) is 24.7 Å². The molecule has 3 heterocycles. The molecule has 2 aromatic heterocycles. The first-order chi connectivity index (χ1) is 9.85. The molecule has 0 bridgehead atoms. The second-order valence-electron chi connectivity index (χ2n) is 4.62. The van der Waals surface area contributed by atoms with Gasteiger partial charge in [0.15, 0.2) is 5.82 Å². The summed E-state index contributed by atoms with van der Waals surface area (Å²) in [5.41, 5.74) is 0.554. The summed E-state index contributed by atoms with van der Waals surface area (Å²) in [7, 11) is 0. The van der Waals surface area contributed by atoms with Crippen molar-refractivity contribution in [2.75, 3.05) is 11.9 Å². The molecule has 1 saturated heterocycles. The van der Waals surface area contributed by atoms with Gasteiger partial charge in [0.2, 0.25) is 0 Å². The van der Waals surface area contributed by atoms with Crippen molar-refractivity contribution >= 4 is 5.82 Å². The predicted octanol–water partition coefficient (Wildman–Crippen LogP) is 1.40. The number of anilines is 1. The number of rotatable bonds is 4. The van der Waals surface area contributed by atoms with Crippen LogP contribution in [0.3, 0.4) is 0 Å². The van der Waals surface area contributed by atoms with Crippen LogP contribution in [0, 0.1) is 11.3 Å². The van der Waals surface area contributed by atoms with Crippen molar-refractivity contribution in [3.63, 3.8) is 0 Å². The van der Waals surface area contributed by atoms with Crippen LogP contribution in [-0.4, -0.2) is 32.8 Å². The van der Waals surface area contributed by atoms with Crippen molar-refractivity contribution < 1.29 is 4.74 Å². The summed E-state index contributed by atoms with van der Waals surface area (Å²) in [5.74, 6) is 1.53. The number of pyridine rings is 1. The summed E-state index contributed by atoms with van der Waals surface area (Å²) in [6.07, 6.45) is 5.07. The van der Waals surface area contributed by atoms with E-state index in [1.165, 1.54) is 6.33 Å². The zero-order valence-electron chi connectivity index (χ0n) is 10.8. The van der Waals surface area contributed by atoms with E-state index >= 15 is 0 Å². The summed E-state index contributed by atoms with van der Waals surface area (Å²) in [5, 5.41) is 18.6. The van der Waals surface area contributed by atoms with Crippen LogP contribution in [0.4, 0.5) is 5.82 Å². The molecule has 0 unspecified atom stereocenters. The summed E-state index contributed by atoms with van der Waals surface area (Å²) < 4.78 is 5.90. The molecule has 1 fully saturated rings. The lowest BCUT2D eigenvalue weighted by Crippen LogP contribution is -2.19. The minimum atomic E-state index is -0.00164. The van der Waals surface area contributed by atoms with Crippen LogP contribution < -0.4 is 5.32 Å². The van der Waals surface area contributed by atoms with E-state index in [0.717, 1.165) is 24.5 Å². The molecule has 0 radical (unpaired) electrons. The highest BCUT2D eigenvalue weighted by molar-refractivity contribution is 5.38. The Balaban J connectivity index is 1.51. The van der Waals surface area contributed by atoms with Crippen LogP contribution in [0.25, 0.3) is 0 Å². The topological polar surface area (TPSA) is 99.5 Å². The van der Waals surface area contributed by atoms with Crippen LogP contribution >= 0.6 is 0 Å². The van der Waals surface area contributed by atoms with Crippen LogP contribution in [0.1, 0.15) is 30.3 Å². The molecule has 2 N–H and O–H groups in total. The van der Waals surface area contributed by atoms with Crippen LogP contribution in [0.5, 0.6) is 0 Å². The first-order valence-corrected chi connectivity index (χ1v) is 6.46. The SMILES string of the molecule is N#Cc1ccc(NC[C@H]2CC[C@@H](c3ncn[nH]3)O2)nc1. The molecule has 1 aliphatic heterocycles. The monoisotopic (exact) mass is 270 g/mol. The Morgan fingerprint density at radius 1 is 1.40 bits per heavy atom. The molecule has 0 aromatic carbocycles. The summed E-state index contributed by atoms with van der Waals surface area (Å²) in [4.78, 5) is 8.28. The average molecular weight is 270 g/mol. The molecule has 102 valence electrons. The lowest BCUT2D eigenvalue weighted by atomic mass is 10.2. The molecule has 7 heteroatoms. The third kappa shape index (κ3) is 2.75. The van der Waals surface area contributed by atoms with Gasteiger partial charge in [-0.05, 0) is 25.0 Å². The van der Waals surface area contributed by atoms with Gasteiger partial charge in [-0.2, -0.15) is 10.4 Å². The van der Waals surface area contributed by atoms with Gasteiger partial charge in [-0.3, -0.25) is 5.10 Å². The van der Waals surface area contributed by atoms with Crippen molar-refractivity contribution in [2.45, 2.75) is 25.0 Å². The molecule has 2 atom stereocenters. The maximum atomic E-state index is 8.71. The number of aromatic amines is 1. The van der Waals surface area contributed by atoms with E-state index in [1.54, 1.807) is 18.3 Å². The fourth-order valence-electron chi connectivity index (χ4n) is 2.21. The van der Waals surface area contributed by atoms with E-state index in [1.807, 2.05) is 6.07 Å². The van der Waals surface area contributed by atoms with Crippen LogP contribution in [-0.2, 0) is 4.74 Å². The van der Waals surface area contributed by atoms with Gasteiger partial charge < -0.3 is 10.1 Å². The Morgan fingerprint density at radius 2 is 2.35 bits per heavy atom. The largest absolute Gasteiger partial charge is 0.367 e. The first-order valence-electron chi connectivity index (χ1n) is 6.46. The van der Waals surface area contributed by atoms with E-state index in [0.29, 0.717) is 12.1 Å². The average Bonchev–Trinajstić information content (AvgIpc) is 3.16. The highest BCUT2D eigenvalue weighted by atomic mass is 16.5. The zero-order chi connectivity index (χ0) is 13.8. The van der Waals surface area contributed by atoms with Gasteiger partial charge in [-0.15, -0.1) is 0 Å². The van der Waals surface area contributed by atoms with Crippen molar-refractivity contribution in [2.24, 2.45) is 0 Å². The predicted molar refractivity (Wildman–Crippen MR) is 70.7 cm³/mol. The third-order valence-electron chi connectivity index (χ3n) is 3.25. The van der Waals surface area contributed by atoms with E-state index < -0.39 is 0 Å². The van der Waals surface area contributed by atoms with Crippen molar-refractivity contribution in [1.82, 2.24) is 20.2 Å². The summed E-state index contributed by atoms with van der Waals surface area (Å²) in [6.45, 7) is 0.684. The van der Waals surface area contributed by atoms with Gasteiger partial charge in [0, 0.05) is 12.7 Å². The van der Waals surface area contributed by atoms with Crippen molar-refractivity contribution in [3.05, 3.63) is 36.0 Å². The molecule has 0 spiro atoms. The van der Waals surface area contributed by atoms with E-state index in [2.05, 4.69) is 25.5 Å². The molecular formula is C13H14N6O. The molecule has 1 aliphatic rings. The van der Waals surface area contributed by atoms with Gasteiger partial charge in [0.1, 0.15) is 24.3 Å². The number of hydrogen-bond donors (Lipinski definition) is 2. The van der Waals surface area contributed by atoms with Crippen molar-refractivity contribution in [1.29, 1.82) is 5.26 Å². The number of H-pyrrole nitrogens is 1. The highest BCUT2D eigenvalue weighted by Gasteiger charge is 2.28. The van der Waals surface area contributed by atoms with Gasteiger partial charge in [0.25, 0.3) is 0 Å². The molecule has 2 aromatic rings. The maximum absolute atomic E-state index is 8.71. The normalized spacial score (nSPS) is 21.6. The van der Waals surface area contributed by atoms with Gasteiger partial charge >= 0.3 is 0 Å². The highest BCUT2D eigenvalue weighted by Crippen LogP contribution is 2.30. The Morgan fingerprint density at radius 3 is 3.05 bits per heavy atom. The van der Waals surface area contributed by atoms with Crippen molar-refractivity contribution in [3.8, 4) is 6.07 Å². The minimum absolute atomic E-state index is 0.00164. The molecule has 0 amide bonds. The molecule has 7 nitrogen and oxygen atoms in total. The van der Waals surface area contributed by atoms with E-state index in [-0.39, 0.29) is 12.2 Å². The number of nitrogens with zero attached hydrogens (tertiary/aromatic N) is 4. The Labute approximate surface area is 116 Å². The van der Waals surface area contributed by atoms with Crippen LogP contribution in [0.2, 0.25) is 0 Å². The fourth-order valence-corrected chi connectivity index (χ4v) is 2.21. The Bertz CT molecular complexity index is 588. The number of nitriles is 1. The fraction of sp³-hybridized carbons (Fsp3) is 0.385. The summed E-state index contributed by atoms with van der Waals surface area (Å²) in [6, 6.07) is 5.57. The smallest absolute Gasteiger partial charge is 0.153 e. The maximum Gasteiger partial charge on any atom is 0.153 e. The zero-order valence-corrected chi connectivity index (χ0v) is 10.8. The minimum Gasteiger partial charge on any atom is -0.367 e. The van der Waals surface area contributed by atoms with Gasteiger partial charge in [0.05, 0.1) is 11.7 Å². The summed E-state index contributed by atoms with van der Waals surface area (Å²) >= 11 is 0. The molecule has 0 saturated carbocycles. The van der Waals surface area contributed by atoms with E-state index in [4.69, 9.17) is 10.00 Å². The number of nitrogens with one attached hydrogen (secondary N) is 2. The first kappa shape index (κ1) is 12.6. The molecule has 20 heavy (non-hydrogen) atoms. The lowest BCUT2D eigenvalue weighted by Gasteiger charge is -2.13. The third-order valence-corrected chi connectivity index (χ3v) is 3.25. The number of aromatic nitrogens is 4. The van der Waals surface area contributed by atoms with E-state index in [9.17, 15) is 0 Å². The molecule has 3 rings (SSSR count). The quantitative estimate of drug-likeness (QED) is 0.871. The number of ether oxygens (including phenoxy) is 1. The molecular weight excluding hydrogens is 256 g/mol. The second-order valence-corrected chi connectivity index (χ2v) is 4.62. The molecule has 0 aliphatic carbocycles. The standard InChI is InChI=1S/C13H14N6O/c14-5-9-1-4-12(15-6-9)16-7-10-2-3-11(20-10)13-17-8-18-19-13/h1,4,6,8,10-11H,2-3,7H2,(H,15,16)(H,17,18,19)/t10-,11+/m1/s1. The van der Waals surface area contributed by atoms with Gasteiger partial charge in [-0.25, -0.2) is 9.97 Å².